The second kappa shape index (κ2) is 43.1. The van der Waals surface area contributed by atoms with Crippen LogP contribution >= 0.6 is 7.82 Å². The van der Waals surface area contributed by atoms with Gasteiger partial charge in [-0.2, -0.15) is 0 Å². The molecule has 0 aromatic heterocycles. The number of phosphoric ester groups is 1. The molecule has 0 aromatic rings. The molecule has 0 heterocycles. The molecule has 2 unspecified atom stereocenters. The van der Waals surface area contributed by atoms with Crippen molar-refractivity contribution in [3.63, 3.8) is 0 Å². The average molecular weight is 819 g/mol. The smallest absolute Gasteiger partial charge is 0.462 e. The lowest BCUT2D eigenvalue weighted by molar-refractivity contribution is -0.161. The van der Waals surface area contributed by atoms with Gasteiger partial charge < -0.3 is 14.4 Å². The summed E-state index contributed by atoms with van der Waals surface area (Å²) in [5.41, 5.74) is 0. The highest BCUT2D eigenvalue weighted by Crippen LogP contribution is 2.43. The van der Waals surface area contributed by atoms with Gasteiger partial charge in [0, 0.05) is 12.8 Å². The van der Waals surface area contributed by atoms with Gasteiger partial charge in [0.05, 0.1) is 13.2 Å². The topological polar surface area (TPSA) is 108 Å². The molecule has 8 nitrogen and oxygen atoms in total. The Balaban J connectivity index is 4.14. The van der Waals surface area contributed by atoms with Crippen molar-refractivity contribution in [2.24, 2.45) is 0 Å². The molecule has 0 spiro atoms. The fraction of sp³-hybridized carbons (Fsp3) is 0.708. The van der Waals surface area contributed by atoms with E-state index in [2.05, 4.69) is 86.8 Å². The van der Waals surface area contributed by atoms with Crippen LogP contribution in [0.15, 0.2) is 72.9 Å². The Morgan fingerprint density at radius 3 is 1.39 bits per heavy atom. The summed E-state index contributed by atoms with van der Waals surface area (Å²) in [6.07, 6.45) is 53.8. The third kappa shape index (κ3) is 42.9. The van der Waals surface area contributed by atoms with Gasteiger partial charge in [0.2, 0.25) is 0 Å². The molecule has 9 heteroatoms. The summed E-state index contributed by atoms with van der Waals surface area (Å²) < 4.78 is 32.7. The number of hydrogen-bond donors (Lipinski definition) is 1. The lowest BCUT2D eigenvalue weighted by atomic mass is 10.1. The summed E-state index contributed by atoms with van der Waals surface area (Å²) in [6, 6.07) is 0. The summed E-state index contributed by atoms with van der Waals surface area (Å²) in [4.78, 5) is 34.8. The Kier molecular flexibility index (Phi) is 41.2. The third-order valence-electron chi connectivity index (χ3n) is 9.25. The normalized spacial score (nSPS) is 14.0. The summed E-state index contributed by atoms with van der Waals surface area (Å²) in [5.74, 6) is -0.843. The molecule has 0 aliphatic rings. The van der Waals surface area contributed by atoms with Crippen LogP contribution in [0.25, 0.3) is 0 Å². The van der Waals surface area contributed by atoms with Gasteiger partial charge >= 0.3 is 19.8 Å². The van der Waals surface area contributed by atoms with Crippen LogP contribution in [0.1, 0.15) is 194 Å². The Morgan fingerprint density at radius 1 is 0.491 bits per heavy atom. The molecule has 328 valence electrons. The Morgan fingerprint density at radius 2 is 0.895 bits per heavy atom. The maximum absolute atomic E-state index is 12.6. The van der Waals surface area contributed by atoms with Crippen molar-refractivity contribution in [2.75, 3.05) is 19.8 Å². The van der Waals surface area contributed by atoms with Gasteiger partial charge in [0.1, 0.15) is 6.61 Å². The van der Waals surface area contributed by atoms with Crippen LogP contribution in [0.4, 0.5) is 0 Å². The van der Waals surface area contributed by atoms with E-state index in [0.29, 0.717) is 6.42 Å². The predicted octanol–water partition coefficient (Wildman–Crippen LogP) is 14.5. The number of ether oxygens (including phenoxy) is 2. The summed E-state index contributed by atoms with van der Waals surface area (Å²) >= 11 is 0. The van der Waals surface area contributed by atoms with Crippen molar-refractivity contribution < 1.29 is 37.6 Å². The zero-order chi connectivity index (χ0) is 41.8. The van der Waals surface area contributed by atoms with Gasteiger partial charge in [-0.1, -0.05) is 164 Å². The van der Waals surface area contributed by atoms with Gasteiger partial charge in [0.25, 0.3) is 0 Å². The van der Waals surface area contributed by atoms with Gasteiger partial charge in [-0.15, -0.1) is 0 Å². The fourth-order valence-electron chi connectivity index (χ4n) is 5.94. The highest BCUT2D eigenvalue weighted by atomic mass is 31.2. The fourth-order valence-corrected chi connectivity index (χ4v) is 6.70. The number of phosphoric acid groups is 1. The van der Waals surface area contributed by atoms with E-state index in [1.807, 2.05) is 0 Å². The third-order valence-corrected chi connectivity index (χ3v) is 10.3. The van der Waals surface area contributed by atoms with Crippen molar-refractivity contribution in [2.45, 2.75) is 200 Å². The molecular formula is C48H83O8P. The number of esters is 2. The maximum Gasteiger partial charge on any atom is 0.472 e. The molecular weight excluding hydrogens is 735 g/mol. The second-order valence-electron chi connectivity index (χ2n) is 14.7. The van der Waals surface area contributed by atoms with E-state index in [1.54, 1.807) is 6.92 Å². The predicted molar refractivity (Wildman–Crippen MR) is 239 cm³/mol. The van der Waals surface area contributed by atoms with E-state index in [0.717, 1.165) is 83.5 Å². The number of carbonyl (C=O) groups excluding carboxylic acids is 2. The van der Waals surface area contributed by atoms with Crippen molar-refractivity contribution >= 4 is 19.8 Å². The number of unbranched alkanes of at least 4 members (excludes halogenated alkanes) is 17. The molecule has 1 N–H and O–H groups in total. The largest absolute Gasteiger partial charge is 0.472 e. The lowest BCUT2D eigenvalue weighted by Crippen LogP contribution is -2.29. The minimum atomic E-state index is -4.30. The molecule has 57 heavy (non-hydrogen) atoms. The zero-order valence-electron chi connectivity index (χ0n) is 36.5. The van der Waals surface area contributed by atoms with Crippen LogP contribution in [0, 0.1) is 0 Å². The molecule has 0 amide bonds. The quantitative estimate of drug-likeness (QED) is 0.0281. The first-order chi connectivity index (χ1) is 27.8. The highest BCUT2D eigenvalue weighted by Gasteiger charge is 2.25. The van der Waals surface area contributed by atoms with E-state index in [1.165, 1.54) is 70.6 Å². The Bertz CT molecular complexity index is 1160. The molecule has 0 saturated heterocycles. The van der Waals surface area contributed by atoms with Crippen LogP contribution in [-0.2, 0) is 32.7 Å². The molecule has 0 radical (unpaired) electrons. The van der Waals surface area contributed by atoms with Gasteiger partial charge in [-0.3, -0.25) is 18.6 Å². The number of carbonyl (C=O) groups is 2. The number of rotatable bonds is 41. The minimum Gasteiger partial charge on any atom is -0.462 e. The van der Waals surface area contributed by atoms with Crippen molar-refractivity contribution in [3.8, 4) is 0 Å². The number of hydrogen-bond acceptors (Lipinski definition) is 7. The average Bonchev–Trinajstić information content (AvgIpc) is 3.19. The molecule has 0 fully saturated rings. The molecule has 0 aromatic carbocycles. The molecule has 0 aliphatic heterocycles. The van der Waals surface area contributed by atoms with Crippen molar-refractivity contribution in [1.29, 1.82) is 0 Å². The van der Waals surface area contributed by atoms with Crippen LogP contribution in [0.2, 0.25) is 0 Å². The first-order valence-electron chi connectivity index (χ1n) is 22.7. The van der Waals surface area contributed by atoms with Crippen LogP contribution in [0.3, 0.4) is 0 Å². The van der Waals surface area contributed by atoms with Crippen molar-refractivity contribution in [3.05, 3.63) is 72.9 Å². The number of allylic oxidation sites excluding steroid dienone is 12. The van der Waals surface area contributed by atoms with Gasteiger partial charge in [-0.25, -0.2) is 4.57 Å². The van der Waals surface area contributed by atoms with Crippen LogP contribution < -0.4 is 0 Å². The van der Waals surface area contributed by atoms with E-state index >= 15 is 0 Å². The second-order valence-corrected chi connectivity index (χ2v) is 16.1. The summed E-state index contributed by atoms with van der Waals surface area (Å²) in [5, 5.41) is 0. The maximum atomic E-state index is 12.6. The Labute approximate surface area is 349 Å². The first-order valence-corrected chi connectivity index (χ1v) is 24.2. The zero-order valence-corrected chi connectivity index (χ0v) is 37.4. The van der Waals surface area contributed by atoms with E-state index in [-0.39, 0.29) is 32.0 Å². The van der Waals surface area contributed by atoms with Gasteiger partial charge in [0.15, 0.2) is 6.10 Å². The Hall–Kier alpha value is -2.51. The van der Waals surface area contributed by atoms with Crippen molar-refractivity contribution in [1.82, 2.24) is 0 Å². The molecule has 0 rings (SSSR count). The monoisotopic (exact) mass is 819 g/mol. The molecule has 0 aliphatic carbocycles. The molecule has 2 atom stereocenters. The lowest BCUT2D eigenvalue weighted by Gasteiger charge is -2.19. The SMILES string of the molecule is CC/C=C\C/C=C\C/C=C\C/C=C\C/C=C\CCCCCC(=O)OC(COC(=O)CCCCCCCCC/C=C\CCCCCCCCC)COP(=O)(O)OCC. The van der Waals surface area contributed by atoms with E-state index in [4.69, 9.17) is 18.5 Å². The van der Waals surface area contributed by atoms with E-state index < -0.39 is 26.5 Å². The summed E-state index contributed by atoms with van der Waals surface area (Å²) in [7, 11) is -4.30. The standard InChI is InChI=1S/C48H83O8P/c1-4-7-9-11-13-15-17-19-21-23-25-27-29-31-33-35-37-39-41-43-48(50)56-46(45-55-57(51,52)54-6-3)44-53-47(49)42-40-38-36-34-32-30-28-26-24-22-20-18-16-14-12-10-8-5-2/h7,9,13,15,19,21-22,24-25,27,31,33,46H,4-6,8,10-12,14,16-18,20,23,26,28-30,32,34-45H2,1-3H3,(H,51,52)/b9-7-,15-13-,21-19-,24-22-,27-25-,33-31-. The van der Waals surface area contributed by atoms with E-state index in [9.17, 15) is 19.0 Å². The van der Waals surface area contributed by atoms with Gasteiger partial charge in [-0.05, 0) is 90.4 Å². The first kappa shape index (κ1) is 54.5. The summed E-state index contributed by atoms with van der Waals surface area (Å²) in [6.45, 7) is 5.32. The molecule has 0 saturated carbocycles. The molecule has 0 bridgehead atoms. The van der Waals surface area contributed by atoms with Crippen LogP contribution in [-0.4, -0.2) is 42.8 Å². The van der Waals surface area contributed by atoms with Crippen LogP contribution in [0.5, 0.6) is 0 Å². The minimum absolute atomic E-state index is 0.0103. The highest BCUT2D eigenvalue weighted by molar-refractivity contribution is 7.47.